The van der Waals surface area contributed by atoms with Crippen molar-refractivity contribution >= 4 is 0 Å². The summed E-state index contributed by atoms with van der Waals surface area (Å²) in [6.45, 7) is 1.36. The predicted molar refractivity (Wildman–Crippen MR) is 62.7 cm³/mol. The normalized spacial score (nSPS) is 41.0. The van der Waals surface area contributed by atoms with Gasteiger partial charge in [-0.05, 0) is 51.0 Å². The van der Waals surface area contributed by atoms with Gasteiger partial charge in [-0.25, -0.2) is 0 Å². The summed E-state index contributed by atoms with van der Waals surface area (Å²) in [5.41, 5.74) is 6.08. The van der Waals surface area contributed by atoms with Crippen LogP contribution in [0.3, 0.4) is 0 Å². The van der Waals surface area contributed by atoms with Crippen LogP contribution in [0.15, 0.2) is 0 Å². The van der Waals surface area contributed by atoms with Crippen molar-refractivity contribution in [1.29, 1.82) is 0 Å². The Morgan fingerprint density at radius 3 is 2.27 bits per heavy atom. The first kappa shape index (κ1) is 10.1. The fourth-order valence-corrected chi connectivity index (χ4v) is 3.65. The number of nitrogens with two attached hydrogens (primary N) is 1. The van der Waals surface area contributed by atoms with Crippen LogP contribution in [0.1, 0.15) is 51.4 Å². The molecule has 2 atom stereocenters. The van der Waals surface area contributed by atoms with Crippen molar-refractivity contribution in [3.05, 3.63) is 0 Å². The van der Waals surface area contributed by atoms with E-state index in [2.05, 4.69) is 4.90 Å². The standard InChI is InChI=1S/C13H24N2/c14-11-8-12-5-6-13(9-11)15(12)7-1-2-10-3-4-10/h10-13H,1-9,14H2. The number of hydrogen-bond acceptors (Lipinski definition) is 2. The highest BCUT2D eigenvalue weighted by atomic mass is 15.2. The second-order valence-electron chi connectivity index (χ2n) is 5.94. The molecule has 0 aromatic rings. The molecular formula is C13H24N2. The second kappa shape index (κ2) is 4.06. The van der Waals surface area contributed by atoms with Crippen molar-refractivity contribution in [3.63, 3.8) is 0 Å². The third-order valence-corrected chi connectivity index (χ3v) is 4.65. The minimum atomic E-state index is 0.502. The summed E-state index contributed by atoms with van der Waals surface area (Å²) in [5.74, 6) is 1.11. The van der Waals surface area contributed by atoms with Gasteiger partial charge in [-0.15, -0.1) is 0 Å². The van der Waals surface area contributed by atoms with E-state index in [0.29, 0.717) is 6.04 Å². The fraction of sp³-hybridized carbons (Fsp3) is 1.00. The Morgan fingerprint density at radius 2 is 1.67 bits per heavy atom. The molecule has 2 heteroatoms. The lowest BCUT2D eigenvalue weighted by Gasteiger charge is -2.37. The largest absolute Gasteiger partial charge is 0.328 e. The molecule has 2 aliphatic heterocycles. The Morgan fingerprint density at radius 1 is 1.00 bits per heavy atom. The Balaban J connectivity index is 1.48. The van der Waals surface area contributed by atoms with Crippen LogP contribution in [-0.4, -0.2) is 29.6 Å². The third-order valence-electron chi connectivity index (χ3n) is 4.65. The van der Waals surface area contributed by atoms with Crippen LogP contribution in [0, 0.1) is 5.92 Å². The van der Waals surface area contributed by atoms with Gasteiger partial charge in [0, 0.05) is 18.1 Å². The molecule has 1 aliphatic carbocycles. The number of rotatable bonds is 4. The van der Waals surface area contributed by atoms with E-state index in [9.17, 15) is 0 Å². The summed E-state index contributed by atoms with van der Waals surface area (Å²) in [4.78, 5) is 2.78. The van der Waals surface area contributed by atoms with Crippen molar-refractivity contribution in [1.82, 2.24) is 4.90 Å². The number of nitrogens with zero attached hydrogens (tertiary/aromatic N) is 1. The molecule has 0 aromatic carbocycles. The molecule has 1 saturated carbocycles. The van der Waals surface area contributed by atoms with E-state index in [-0.39, 0.29) is 0 Å². The Labute approximate surface area is 93.2 Å². The summed E-state index contributed by atoms with van der Waals surface area (Å²) >= 11 is 0. The van der Waals surface area contributed by atoms with Gasteiger partial charge in [-0.1, -0.05) is 12.8 Å². The minimum Gasteiger partial charge on any atom is -0.328 e. The highest BCUT2D eigenvalue weighted by Gasteiger charge is 2.39. The van der Waals surface area contributed by atoms with Crippen LogP contribution < -0.4 is 5.73 Å². The average molecular weight is 208 g/mol. The zero-order valence-electron chi connectivity index (χ0n) is 9.70. The molecule has 2 saturated heterocycles. The topological polar surface area (TPSA) is 29.3 Å². The minimum absolute atomic E-state index is 0.502. The van der Waals surface area contributed by atoms with Crippen molar-refractivity contribution in [2.75, 3.05) is 6.54 Å². The summed E-state index contributed by atoms with van der Waals surface area (Å²) in [5, 5.41) is 0. The lowest BCUT2D eigenvalue weighted by molar-refractivity contribution is 0.125. The van der Waals surface area contributed by atoms with Crippen LogP contribution in [0.25, 0.3) is 0 Å². The quantitative estimate of drug-likeness (QED) is 0.767. The van der Waals surface area contributed by atoms with E-state index >= 15 is 0 Å². The number of fused-ring (bicyclic) bond motifs is 2. The van der Waals surface area contributed by atoms with Gasteiger partial charge in [0.15, 0.2) is 0 Å². The number of hydrogen-bond donors (Lipinski definition) is 1. The van der Waals surface area contributed by atoms with Gasteiger partial charge in [0.25, 0.3) is 0 Å². The van der Waals surface area contributed by atoms with Gasteiger partial charge in [0.2, 0.25) is 0 Å². The highest BCUT2D eigenvalue weighted by molar-refractivity contribution is 4.96. The maximum atomic E-state index is 6.08. The van der Waals surface area contributed by atoms with Crippen molar-refractivity contribution in [3.8, 4) is 0 Å². The molecule has 0 radical (unpaired) electrons. The molecule has 3 rings (SSSR count). The van der Waals surface area contributed by atoms with E-state index in [1.165, 1.54) is 57.9 Å². The Bertz CT molecular complexity index is 211. The molecule has 2 heterocycles. The lowest BCUT2D eigenvalue weighted by Crippen LogP contribution is -2.47. The summed E-state index contributed by atoms with van der Waals surface area (Å²) in [6.07, 6.45) is 11.3. The predicted octanol–water partition coefficient (Wildman–Crippen LogP) is 2.13. The maximum absolute atomic E-state index is 6.08. The van der Waals surface area contributed by atoms with Crippen LogP contribution in [0.5, 0.6) is 0 Å². The maximum Gasteiger partial charge on any atom is 0.0113 e. The first-order valence-electron chi connectivity index (χ1n) is 6.84. The van der Waals surface area contributed by atoms with Crippen LogP contribution in [0.2, 0.25) is 0 Å². The molecule has 2 N–H and O–H groups in total. The van der Waals surface area contributed by atoms with E-state index in [1.54, 1.807) is 0 Å². The molecule has 3 fully saturated rings. The second-order valence-corrected chi connectivity index (χ2v) is 5.94. The molecule has 3 aliphatic rings. The van der Waals surface area contributed by atoms with E-state index in [4.69, 9.17) is 5.73 Å². The summed E-state index contributed by atoms with van der Waals surface area (Å²) in [7, 11) is 0. The van der Waals surface area contributed by atoms with Gasteiger partial charge in [-0.2, -0.15) is 0 Å². The van der Waals surface area contributed by atoms with Crippen LogP contribution in [0.4, 0.5) is 0 Å². The Kier molecular flexibility index (Phi) is 2.73. The van der Waals surface area contributed by atoms with Crippen molar-refractivity contribution in [2.45, 2.75) is 69.5 Å². The van der Waals surface area contributed by atoms with E-state index in [0.717, 1.165) is 18.0 Å². The SMILES string of the molecule is NC1CC2CCC(C1)N2CCCC1CC1. The smallest absolute Gasteiger partial charge is 0.0113 e. The molecule has 86 valence electrons. The molecule has 0 spiro atoms. The third kappa shape index (κ3) is 2.21. The molecule has 0 amide bonds. The van der Waals surface area contributed by atoms with Gasteiger partial charge in [-0.3, -0.25) is 4.90 Å². The summed E-state index contributed by atoms with van der Waals surface area (Å²) in [6, 6.07) is 2.19. The fourth-order valence-electron chi connectivity index (χ4n) is 3.65. The molecule has 2 bridgehead atoms. The van der Waals surface area contributed by atoms with E-state index < -0.39 is 0 Å². The first-order valence-corrected chi connectivity index (χ1v) is 6.84. The van der Waals surface area contributed by atoms with Gasteiger partial charge in [0.05, 0.1) is 0 Å². The molecular weight excluding hydrogens is 184 g/mol. The zero-order valence-corrected chi connectivity index (χ0v) is 9.70. The zero-order chi connectivity index (χ0) is 10.3. The first-order chi connectivity index (χ1) is 7.33. The Hall–Kier alpha value is -0.0800. The molecule has 0 aromatic heterocycles. The lowest BCUT2D eigenvalue weighted by atomic mass is 9.98. The highest BCUT2D eigenvalue weighted by Crippen LogP contribution is 2.37. The average Bonchev–Trinajstić information content (AvgIpc) is 2.97. The summed E-state index contributed by atoms with van der Waals surface area (Å²) < 4.78 is 0. The van der Waals surface area contributed by atoms with Gasteiger partial charge < -0.3 is 5.73 Å². The molecule has 2 unspecified atom stereocenters. The van der Waals surface area contributed by atoms with Gasteiger partial charge >= 0.3 is 0 Å². The van der Waals surface area contributed by atoms with Crippen LogP contribution in [-0.2, 0) is 0 Å². The molecule has 2 nitrogen and oxygen atoms in total. The van der Waals surface area contributed by atoms with Crippen molar-refractivity contribution < 1.29 is 0 Å². The number of piperidine rings is 1. The van der Waals surface area contributed by atoms with Gasteiger partial charge in [0.1, 0.15) is 0 Å². The van der Waals surface area contributed by atoms with Crippen LogP contribution >= 0.6 is 0 Å². The van der Waals surface area contributed by atoms with E-state index in [1.807, 2.05) is 0 Å². The molecule has 15 heavy (non-hydrogen) atoms. The monoisotopic (exact) mass is 208 g/mol. The van der Waals surface area contributed by atoms with Crippen molar-refractivity contribution in [2.24, 2.45) is 11.7 Å².